The summed E-state index contributed by atoms with van der Waals surface area (Å²) in [6.07, 6.45) is 2.01. The number of nitrogens with one attached hydrogen (secondary N) is 2. The number of carboxylic acids is 1. The van der Waals surface area contributed by atoms with E-state index in [1.165, 1.54) is 37.4 Å². The van der Waals surface area contributed by atoms with Crippen LogP contribution in [0.1, 0.15) is 40.0 Å². The summed E-state index contributed by atoms with van der Waals surface area (Å²) >= 11 is 0. The zero-order valence-electron chi connectivity index (χ0n) is 25.4. The van der Waals surface area contributed by atoms with Gasteiger partial charge in [0.2, 0.25) is 5.91 Å². The number of fused-ring (bicyclic) bond motifs is 2. The maximum atomic E-state index is 15.3. The lowest BCUT2D eigenvalue weighted by Crippen LogP contribution is -2.48. The number of carboxylic acid groups (broad SMARTS) is 1. The van der Waals surface area contributed by atoms with Crippen LogP contribution < -0.4 is 20.3 Å². The Morgan fingerprint density at radius 3 is 2.32 bits per heavy atom. The Labute approximate surface area is 267 Å². The zero-order valence-corrected chi connectivity index (χ0v) is 26.2. The molecule has 2 aliphatic rings. The fourth-order valence-electron chi connectivity index (χ4n) is 6.58. The van der Waals surface area contributed by atoms with E-state index in [2.05, 4.69) is 10.6 Å². The molecule has 4 atom stereocenters. The summed E-state index contributed by atoms with van der Waals surface area (Å²) in [6, 6.07) is 9.76. The first kappa shape index (κ1) is 33.7. The summed E-state index contributed by atoms with van der Waals surface area (Å²) in [7, 11) is -1.11. The van der Waals surface area contributed by atoms with Crippen LogP contribution >= 0.6 is 0 Å². The van der Waals surface area contributed by atoms with Crippen LogP contribution in [-0.4, -0.2) is 64.1 Å². The van der Waals surface area contributed by atoms with E-state index in [1.54, 1.807) is 19.0 Å². The van der Waals surface area contributed by atoms with Crippen LogP contribution in [0.5, 0.6) is 5.75 Å². The minimum atomic E-state index is -5.64. The Morgan fingerprint density at radius 2 is 1.68 bits per heavy atom. The van der Waals surface area contributed by atoms with Gasteiger partial charge in [0.15, 0.2) is 0 Å². The molecule has 3 N–H and O–H groups in total. The molecule has 2 saturated carbocycles. The molecule has 0 saturated heterocycles. The SMILES string of the molecule is COc1cc(F)c(-c2ccc(C(=O)O)c(N(C)C)c2)cc1C(=O)NC1C2CCC(C2)C1C(=O)Nc1cccc(S(=O)(=O)C(F)(F)F)c1. The molecule has 0 radical (unpaired) electrons. The van der Waals surface area contributed by atoms with Crippen LogP contribution in [0.15, 0.2) is 59.5 Å². The zero-order chi connectivity index (χ0) is 34.4. The van der Waals surface area contributed by atoms with Crippen molar-refractivity contribution < 1.29 is 50.2 Å². The fraction of sp³-hybridized carbons (Fsp3) is 0.344. The Kier molecular flexibility index (Phi) is 8.97. The highest BCUT2D eigenvalue weighted by molar-refractivity contribution is 7.92. The van der Waals surface area contributed by atoms with Gasteiger partial charge in [-0.25, -0.2) is 17.6 Å². The third-order valence-corrected chi connectivity index (χ3v) is 10.3. The van der Waals surface area contributed by atoms with E-state index >= 15 is 4.39 Å². The molecule has 0 aliphatic heterocycles. The molecule has 15 heteroatoms. The monoisotopic (exact) mass is 677 g/mol. The first-order valence-corrected chi connectivity index (χ1v) is 16.0. The number of rotatable bonds is 9. The number of anilines is 2. The van der Waals surface area contributed by atoms with Gasteiger partial charge in [0.25, 0.3) is 15.7 Å². The molecule has 2 bridgehead atoms. The van der Waals surface area contributed by atoms with Crippen molar-refractivity contribution in [2.45, 2.75) is 35.7 Å². The predicted molar refractivity (Wildman–Crippen MR) is 164 cm³/mol. The second-order valence-electron chi connectivity index (χ2n) is 11.8. The van der Waals surface area contributed by atoms with Crippen molar-refractivity contribution >= 4 is 39.0 Å². The van der Waals surface area contributed by atoms with E-state index in [9.17, 15) is 41.1 Å². The first-order chi connectivity index (χ1) is 22.0. The van der Waals surface area contributed by atoms with Crippen LogP contribution in [0, 0.1) is 23.6 Å². The molecule has 250 valence electrons. The topological polar surface area (TPSA) is 142 Å². The summed E-state index contributed by atoms with van der Waals surface area (Å²) in [6.45, 7) is 0. The molecule has 2 aliphatic carbocycles. The Balaban J connectivity index is 1.42. The molecule has 0 heterocycles. The van der Waals surface area contributed by atoms with E-state index in [1.807, 2.05) is 0 Å². The molecule has 5 rings (SSSR count). The quantitative estimate of drug-likeness (QED) is 0.258. The van der Waals surface area contributed by atoms with Gasteiger partial charge in [0, 0.05) is 37.5 Å². The van der Waals surface area contributed by atoms with Crippen LogP contribution in [0.2, 0.25) is 0 Å². The summed E-state index contributed by atoms with van der Waals surface area (Å²) in [4.78, 5) is 39.5. The first-order valence-electron chi connectivity index (χ1n) is 14.5. The second kappa shape index (κ2) is 12.5. The number of amides is 2. The van der Waals surface area contributed by atoms with Gasteiger partial charge in [0.05, 0.1) is 34.7 Å². The summed E-state index contributed by atoms with van der Waals surface area (Å²) in [5, 5.41) is 15.0. The molecule has 10 nitrogen and oxygen atoms in total. The lowest BCUT2D eigenvalue weighted by Gasteiger charge is -2.31. The van der Waals surface area contributed by atoms with E-state index < -0.39 is 55.8 Å². The molecule has 0 aromatic heterocycles. The number of alkyl halides is 3. The minimum absolute atomic E-state index is 0.0000520. The number of sulfone groups is 1. The van der Waals surface area contributed by atoms with Gasteiger partial charge in [-0.1, -0.05) is 12.1 Å². The summed E-state index contributed by atoms with van der Waals surface area (Å²) in [5.41, 5.74) is -5.08. The van der Waals surface area contributed by atoms with Crippen LogP contribution in [-0.2, 0) is 14.6 Å². The molecule has 2 amide bonds. The number of nitrogens with zero attached hydrogens (tertiary/aromatic N) is 1. The fourth-order valence-corrected chi connectivity index (χ4v) is 7.39. The lowest BCUT2D eigenvalue weighted by atomic mass is 9.83. The Bertz CT molecular complexity index is 1860. The number of methoxy groups -OCH3 is 1. The molecule has 0 spiro atoms. The lowest BCUT2D eigenvalue weighted by molar-refractivity contribution is -0.122. The number of halogens is 4. The molecule has 47 heavy (non-hydrogen) atoms. The maximum Gasteiger partial charge on any atom is 0.501 e. The van der Waals surface area contributed by atoms with Crippen molar-refractivity contribution in [3.05, 3.63) is 71.5 Å². The Morgan fingerprint density at radius 1 is 0.979 bits per heavy atom. The van der Waals surface area contributed by atoms with Crippen LogP contribution in [0.3, 0.4) is 0 Å². The maximum absolute atomic E-state index is 15.3. The average Bonchev–Trinajstić information content (AvgIpc) is 3.62. The minimum Gasteiger partial charge on any atom is -0.496 e. The van der Waals surface area contributed by atoms with Crippen molar-refractivity contribution in [3.63, 3.8) is 0 Å². The number of hydrogen-bond acceptors (Lipinski definition) is 7. The van der Waals surface area contributed by atoms with Crippen LogP contribution in [0.25, 0.3) is 11.1 Å². The van der Waals surface area contributed by atoms with Gasteiger partial charge < -0.3 is 25.4 Å². The highest BCUT2D eigenvalue weighted by Crippen LogP contribution is 2.49. The normalized spacial score (nSPS) is 20.5. The van der Waals surface area contributed by atoms with Gasteiger partial charge in [-0.3, -0.25) is 9.59 Å². The summed E-state index contributed by atoms with van der Waals surface area (Å²) in [5.74, 6) is -4.23. The average molecular weight is 678 g/mol. The largest absolute Gasteiger partial charge is 0.501 e. The smallest absolute Gasteiger partial charge is 0.496 e. The number of benzene rings is 3. The number of hydrogen-bond donors (Lipinski definition) is 3. The van der Waals surface area contributed by atoms with Crippen molar-refractivity contribution in [1.29, 1.82) is 0 Å². The Hall–Kier alpha value is -4.66. The third-order valence-electron chi connectivity index (χ3n) is 8.79. The number of carbonyl (C=O) groups is 3. The van der Waals surface area contributed by atoms with Gasteiger partial charge in [-0.15, -0.1) is 0 Å². The third kappa shape index (κ3) is 6.35. The van der Waals surface area contributed by atoms with Gasteiger partial charge in [-0.05, 0) is 73.1 Å². The van der Waals surface area contributed by atoms with Gasteiger partial charge in [-0.2, -0.15) is 13.2 Å². The molecule has 3 aromatic rings. The molecule has 3 aromatic carbocycles. The highest BCUT2D eigenvalue weighted by atomic mass is 32.2. The second-order valence-corrected chi connectivity index (χ2v) is 13.7. The van der Waals surface area contributed by atoms with Crippen molar-refractivity contribution in [3.8, 4) is 16.9 Å². The number of ether oxygens (including phenoxy) is 1. The molecule has 2 fully saturated rings. The standard InChI is InChI=1S/C32H31F4N3O7S/c1-39(2)25-12-16(9-10-21(25)31(42)43)22-14-23(26(46-3)15-24(22)33)29(40)38-28-18-8-7-17(11-18)27(28)30(41)37-19-5-4-6-20(13-19)47(44,45)32(34,35)36/h4-6,9-10,12-15,17-18,27-28H,7-8,11H2,1-3H3,(H,37,41)(H,38,40)(H,42,43). The predicted octanol–water partition coefficient (Wildman–Crippen LogP) is 5.34. The van der Waals surface area contributed by atoms with E-state index in [4.69, 9.17) is 4.74 Å². The van der Waals surface area contributed by atoms with Crippen molar-refractivity contribution in [1.82, 2.24) is 5.32 Å². The molecular formula is C32H31F4N3O7S. The van der Waals surface area contributed by atoms with Gasteiger partial charge >= 0.3 is 11.5 Å². The summed E-state index contributed by atoms with van der Waals surface area (Å²) < 4.78 is 83.7. The van der Waals surface area contributed by atoms with E-state index in [0.29, 0.717) is 30.5 Å². The molecule has 4 unspecified atom stereocenters. The van der Waals surface area contributed by atoms with Crippen molar-refractivity contribution in [2.24, 2.45) is 17.8 Å². The van der Waals surface area contributed by atoms with E-state index in [-0.39, 0.29) is 40.0 Å². The van der Waals surface area contributed by atoms with Crippen LogP contribution in [0.4, 0.5) is 28.9 Å². The molecular weight excluding hydrogens is 646 g/mol. The van der Waals surface area contributed by atoms with E-state index in [0.717, 1.165) is 24.3 Å². The number of carbonyl (C=O) groups excluding carboxylic acids is 2. The highest BCUT2D eigenvalue weighted by Gasteiger charge is 2.52. The van der Waals surface area contributed by atoms with Gasteiger partial charge in [0.1, 0.15) is 11.6 Å². The van der Waals surface area contributed by atoms with Crippen molar-refractivity contribution in [2.75, 3.05) is 31.4 Å². The number of aromatic carboxylic acids is 1.